The number of hydrogen-bond donors (Lipinski definition) is 3. The summed E-state index contributed by atoms with van der Waals surface area (Å²) in [7, 11) is 0. The summed E-state index contributed by atoms with van der Waals surface area (Å²) < 4.78 is 6.14. The van der Waals surface area contributed by atoms with E-state index < -0.39 is 0 Å². The fourth-order valence-electron chi connectivity index (χ4n) is 3.54. The van der Waals surface area contributed by atoms with Gasteiger partial charge < -0.3 is 20.1 Å². The van der Waals surface area contributed by atoms with E-state index in [9.17, 15) is 15.3 Å². The maximum absolute atomic E-state index is 10.9. The minimum Gasteiger partial charge on any atom is -0.508 e. The Bertz CT molecular complexity index is 1230. The van der Waals surface area contributed by atoms with Gasteiger partial charge in [-0.25, -0.2) is 0 Å². The molecule has 0 aliphatic carbocycles. The van der Waals surface area contributed by atoms with E-state index in [1.807, 2.05) is 63.2 Å². The number of anilines is 3. The number of aryl methyl sites for hydroxylation is 3. The average molecular weight is 428 g/mol. The Balaban J connectivity index is 1.92. The lowest BCUT2D eigenvalue weighted by Crippen LogP contribution is -2.12. The number of aromatic hydroxyl groups is 3. The van der Waals surface area contributed by atoms with Gasteiger partial charge in [0.15, 0.2) is 5.75 Å². The molecule has 0 unspecified atom stereocenters. The molecule has 0 aromatic heterocycles. The molecule has 3 N–H and O–H groups in total. The molecule has 0 bridgehead atoms. The molecule has 0 aliphatic rings. The maximum atomic E-state index is 10.9. The minimum atomic E-state index is 0.108. The van der Waals surface area contributed by atoms with E-state index in [1.54, 1.807) is 41.3 Å². The predicted molar refractivity (Wildman–Crippen MR) is 127 cm³/mol. The largest absolute Gasteiger partial charge is 0.508 e. The Hall–Kier alpha value is -4.12. The summed E-state index contributed by atoms with van der Waals surface area (Å²) in [5.74, 6) is 1.33. The van der Waals surface area contributed by atoms with E-state index >= 15 is 0 Å². The molecular formula is C27H25NO4. The quantitative estimate of drug-likeness (QED) is 0.320. The van der Waals surface area contributed by atoms with Crippen LogP contribution in [0.25, 0.3) is 0 Å². The van der Waals surface area contributed by atoms with Crippen molar-refractivity contribution in [3.8, 4) is 28.7 Å². The molecule has 0 spiro atoms. The molecule has 4 rings (SSSR count). The number of phenols is 3. The summed E-state index contributed by atoms with van der Waals surface area (Å²) in [5.41, 5.74) is 3.81. The van der Waals surface area contributed by atoms with Crippen LogP contribution in [0.3, 0.4) is 0 Å². The monoisotopic (exact) mass is 427 g/mol. The fourth-order valence-corrected chi connectivity index (χ4v) is 3.54. The van der Waals surface area contributed by atoms with Crippen molar-refractivity contribution in [2.24, 2.45) is 0 Å². The zero-order chi connectivity index (χ0) is 22.8. The van der Waals surface area contributed by atoms with Gasteiger partial charge in [-0.05, 0) is 67.8 Å². The van der Waals surface area contributed by atoms with Crippen molar-refractivity contribution in [3.05, 3.63) is 95.6 Å². The van der Waals surface area contributed by atoms with Gasteiger partial charge in [0.25, 0.3) is 0 Å². The second-order valence-corrected chi connectivity index (χ2v) is 7.74. The third-order valence-corrected chi connectivity index (χ3v) is 5.43. The van der Waals surface area contributed by atoms with Crippen LogP contribution >= 0.6 is 0 Å². The average Bonchev–Trinajstić information content (AvgIpc) is 2.78. The molecule has 0 fully saturated rings. The van der Waals surface area contributed by atoms with E-state index in [0.717, 1.165) is 5.56 Å². The van der Waals surface area contributed by atoms with E-state index in [2.05, 4.69) is 0 Å². The molecule has 0 atom stereocenters. The van der Waals surface area contributed by atoms with Gasteiger partial charge in [0.2, 0.25) is 0 Å². The second kappa shape index (κ2) is 8.55. The number of rotatable bonds is 5. The van der Waals surface area contributed by atoms with Crippen molar-refractivity contribution in [3.63, 3.8) is 0 Å². The summed E-state index contributed by atoms with van der Waals surface area (Å²) >= 11 is 0. The summed E-state index contributed by atoms with van der Waals surface area (Å²) in [6.07, 6.45) is 0. The van der Waals surface area contributed by atoms with Crippen LogP contribution < -0.4 is 9.64 Å². The van der Waals surface area contributed by atoms with Gasteiger partial charge in [0.1, 0.15) is 23.0 Å². The Morgan fingerprint density at radius 2 is 1.16 bits per heavy atom. The predicted octanol–water partition coefficient (Wildman–Crippen LogP) is 6.99. The van der Waals surface area contributed by atoms with Crippen LogP contribution in [-0.2, 0) is 0 Å². The maximum Gasteiger partial charge on any atom is 0.151 e. The SMILES string of the molecule is Cc1ccc(Oc2ccccc2N(c2cccc(C)c2O)c2cccc(C)c2O)cc1O. The van der Waals surface area contributed by atoms with Gasteiger partial charge in [-0.3, -0.25) is 4.90 Å². The van der Waals surface area contributed by atoms with Crippen LogP contribution in [0.15, 0.2) is 78.9 Å². The topological polar surface area (TPSA) is 73.2 Å². The van der Waals surface area contributed by atoms with Gasteiger partial charge in [-0.15, -0.1) is 0 Å². The molecule has 0 radical (unpaired) electrons. The highest BCUT2D eigenvalue weighted by Crippen LogP contribution is 2.48. The van der Waals surface area contributed by atoms with Crippen LogP contribution in [-0.4, -0.2) is 15.3 Å². The van der Waals surface area contributed by atoms with E-state index in [-0.39, 0.29) is 17.2 Å². The van der Waals surface area contributed by atoms with Gasteiger partial charge >= 0.3 is 0 Å². The minimum absolute atomic E-state index is 0.108. The highest BCUT2D eigenvalue weighted by molar-refractivity contribution is 5.86. The highest BCUT2D eigenvalue weighted by atomic mass is 16.5. The normalized spacial score (nSPS) is 10.7. The zero-order valence-electron chi connectivity index (χ0n) is 18.2. The van der Waals surface area contributed by atoms with Crippen molar-refractivity contribution < 1.29 is 20.1 Å². The van der Waals surface area contributed by atoms with Crippen molar-refractivity contribution in [2.45, 2.75) is 20.8 Å². The Morgan fingerprint density at radius 3 is 1.75 bits per heavy atom. The lowest BCUT2D eigenvalue weighted by Gasteiger charge is -2.29. The molecule has 162 valence electrons. The fraction of sp³-hybridized carbons (Fsp3) is 0.111. The Morgan fingerprint density at radius 1 is 0.594 bits per heavy atom. The molecule has 0 amide bonds. The second-order valence-electron chi connectivity index (χ2n) is 7.74. The van der Waals surface area contributed by atoms with Crippen LogP contribution in [0.5, 0.6) is 28.7 Å². The zero-order valence-corrected chi connectivity index (χ0v) is 18.2. The Kier molecular flexibility index (Phi) is 5.65. The first-order valence-corrected chi connectivity index (χ1v) is 10.3. The van der Waals surface area contributed by atoms with Gasteiger partial charge in [-0.1, -0.05) is 42.5 Å². The molecule has 4 aromatic carbocycles. The molecule has 4 aromatic rings. The molecule has 0 aliphatic heterocycles. The Labute approximate surface area is 187 Å². The van der Waals surface area contributed by atoms with Gasteiger partial charge in [0, 0.05) is 6.07 Å². The number of ether oxygens (including phenoxy) is 1. The standard InChI is InChI=1S/C27H25NO4/c1-17-14-15-20(16-24(17)29)32-25-13-5-4-10-21(25)28(22-11-6-8-18(2)26(22)30)23-12-7-9-19(3)27(23)31/h4-16,29-31H,1-3H3. The number of phenolic OH excluding ortho intramolecular Hbond substituents is 3. The molecule has 5 nitrogen and oxygen atoms in total. The summed E-state index contributed by atoms with van der Waals surface area (Å²) in [6.45, 7) is 5.46. The molecule has 0 saturated carbocycles. The number of nitrogens with zero attached hydrogens (tertiary/aromatic N) is 1. The molecule has 32 heavy (non-hydrogen) atoms. The van der Waals surface area contributed by atoms with Gasteiger partial charge in [-0.2, -0.15) is 0 Å². The smallest absolute Gasteiger partial charge is 0.151 e. The number of hydrogen-bond acceptors (Lipinski definition) is 5. The third-order valence-electron chi connectivity index (χ3n) is 5.43. The van der Waals surface area contributed by atoms with Crippen molar-refractivity contribution in [2.75, 3.05) is 4.90 Å². The summed E-state index contributed by atoms with van der Waals surface area (Å²) in [6, 6.07) is 23.4. The summed E-state index contributed by atoms with van der Waals surface area (Å²) in [4.78, 5) is 1.77. The van der Waals surface area contributed by atoms with Crippen molar-refractivity contribution in [1.29, 1.82) is 0 Å². The highest BCUT2D eigenvalue weighted by Gasteiger charge is 2.23. The van der Waals surface area contributed by atoms with E-state index in [1.165, 1.54) is 0 Å². The van der Waals surface area contributed by atoms with E-state index in [0.29, 0.717) is 39.7 Å². The molecular weight excluding hydrogens is 402 g/mol. The van der Waals surface area contributed by atoms with Crippen molar-refractivity contribution in [1.82, 2.24) is 0 Å². The number of para-hydroxylation sites is 4. The van der Waals surface area contributed by atoms with Gasteiger partial charge in [0.05, 0.1) is 17.1 Å². The summed E-state index contributed by atoms with van der Waals surface area (Å²) in [5, 5.41) is 31.9. The van der Waals surface area contributed by atoms with Crippen LogP contribution in [0.4, 0.5) is 17.1 Å². The number of benzene rings is 4. The first-order chi connectivity index (χ1) is 15.4. The van der Waals surface area contributed by atoms with Crippen LogP contribution in [0.2, 0.25) is 0 Å². The lowest BCUT2D eigenvalue weighted by atomic mass is 10.1. The van der Waals surface area contributed by atoms with Crippen LogP contribution in [0.1, 0.15) is 16.7 Å². The molecule has 5 heteroatoms. The molecule has 0 heterocycles. The first kappa shape index (κ1) is 21.1. The first-order valence-electron chi connectivity index (χ1n) is 10.3. The third kappa shape index (κ3) is 3.93. The lowest BCUT2D eigenvalue weighted by molar-refractivity contribution is 0.452. The van der Waals surface area contributed by atoms with Crippen LogP contribution in [0, 0.1) is 20.8 Å². The van der Waals surface area contributed by atoms with Crippen molar-refractivity contribution >= 4 is 17.1 Å². The van der Waals surface area contributed by atoms with E-state index in [4.69, 9.17) is 4.74 Å². The molecule has 0 saturated heterocycles.